The summed E-state index contributed by atoms with van der Waals surface area (Å²) < 4.78 is 3.64. The van der Waals surface area contributed by atoms with Crippen molar-refractivity contribution in [1.29, 1.82) is 5.41 Å². The summed E-state index contributed by atoms with van der Waals surface area (Å²) in [5.74, 6) is -0.660. The molecule has 2 heterocycles. The predicted octanol–water partition coefficient (Wildman–Crippen LogP) is 0.106. The third-order valence-corrected chi connectivity index (χ3v) is 6.60. The molecular weight excluding hydrogens is 516 g/mol. The van der Waals surface area contributed by atoms with E-state index in [0.717, 1.165) is 25.7 Å². The minimum Gasteiger partial charge on any atom is -0.387 e. The summed E-state index contributed by atoms with van der Waals surface area (Å²) in [5.41, 5.74) is 18.0. The monoisotopic (exact) mass is 554 g/mol. The van der Waals surface area contributed by atoms with Gasteiger partial charge in [-0.05, 0) is 49.7 Å². The van der Waals surface area contributed by atoms with Gasteiger partial charge in [-0.15, -0.1) is 0 Å². The lowest BCUT2D eigenvalue weighted by Gasteiger charge is -2.11. The quantitative estimate of drug-likeness (QED) is 0.0655. The van der Waals surface area contributed by atoms with Crippen LogP contribution in [0.15, 0.2) is 24.5 Å². The van der Waals surface area contributed by atoms with Gasteiger partial charge in [-0.1, -0.05) is 0 Å². The van der Waals surface area contributed by atoms with Crippen LogP contribution in [-0.4, -0.2) is 57.9 Å². The Hall–Kier alpha value is -4.17. The first kappa shape index (κ1) is 28.8. The number of carbonyl (C=O) groups excluding carboxylic acids is 4. The molecule has 0 aromatic carbocycles. The highest BCUT2D eigenvalue weighted by Gasteiger charge is 2.26. The van der Waals surface area contributed by atoms with Crippen LogP contribution in [0.1, 0.15) is 59.5 Å². The number of amides is 4. The van der Waals surface area contributed by atoms with Gasteiger partial charge in [0, 0.05) is 38.6 Å². The number of anilines is 2. The van der Waals surface area contributed by atoms with Gasteiger partial charge in [0.05, 0.1) is 30.4 Å². The van der Waals surface area contributed by atoms with Crippen LogP contribution in [0.5, 0.6) is 0 Å². The summed E-state index contributed by atoms with van der Waals surface area (Å²) in [6.45, 7) is 1.71. The van der Waals surface area contributed by atoms with Gasteiger partial charge in [-0.3, -0.25) is 24.6 Å². The van der Waals surface area contributed by atoms with Crippen LogP contribution < -0.4 is 38.5 Å². The first-order valence-corrected chi connectivity index (χ1v) is 13.5. The molecule has 2 aliphatic carbocycles. The Balaban J connectivity index is 1.32. The van der Waals surface area contributed by atoms with E-state index in [1.807, 2.05) is 9.13 Å². The van der Waals surface area contributed by atoms with Crippen molar-refractivity contribution in [3.8, 4) is 0 Å². The van der Waals surface area contributed by atoms with Crippen LogP contribution in [0, 0.1) is 17.2 Å². The number of nitrogens with two attached hydrogens (primary N) is 3. The Morgan fingerprint density at radius 2 is 1.27 bits per heavy atom. The SMILES string of the molecule is N=C(N)CC(=O)Nc1cc(C(=O)NCCNC(=O)c2cc(NC(=O)CC(N)N)cn2CC2CC2)n(CC2CC2)c1. The number of rotatable bonds is 15. The van der Waals surface area contributed by atoms with Crippen molar-refractivity contribution in [2.75, 3.05) is 23.7 Å². The highest BCUT2D eigenvalue weighted by Crippen LogP contribution is 2.32. The number of hydrogen-bond donors (Lipinski definition) is 8. The highest BCUT2D eigenvalue weighted by atomic mass is 16.2. The van der Waals surface area contributed by atoms with Crippen molar-refractivity contribution in [2.24, 2.45) is 29.0 Å². The smallest absolute Gasteiger partial charge is 0.268 e. The first-order valence-electron chi connectivity index (χ1n) is 13.5. The molecule has 4 rings (SSSR count). The number of carbonyl (C=O) groups is 4. The molecule has 0 radical (unpaired) electrons. The molecule has 0 spiro atoms. The Morgan fingerprint density at radius 3 is 1.68 bits per heavy atom. The Morgan fingerprint density at radius 1 is 0.825 bits per heavy atom. The van der Waals surface area contributed by atoms with Crippen molar-refractivity contribution in [1.82, 2.24) is 19.8 Å². The van der Waals surface area contributed by atoms with E-state index in [1.54, 1.807) is 24.5 Å². The lowest BCUT2D eigenvalue weighted by Crippen LogP contribution is -2.36. The molecule has 0 aliphatic heterocycles. The van der Waals surface area contributed by atoms with Crippen LogP contribution in [-0.2, 0) is 22.7 Å². The lowest BCUT2D eigenvalue weighted by atomic mass is 10.3. The maximum atomic E-state index is 13.0. The molecule has 4 amide bonds. The minimum absolute atomic E-state index is 0.0364. The average Bonchev–Trinajstić information content (AvgIpc) is 3.77. The maximum absolute atomic E-state index is 13.0. The van der Waals surface area contributed by atoms with E-state index >= 15 is 0 Å². The Labute approximate surface area is 231 Å². The molecule has 40 heavy (non-hydrogen) atoms. The fourth-order valence-corrected chi connectivity index (χ4v) is 4.34. The molecule has 0 unspecified atom stereocenters. The highest BCUT2D eigenvalue weighted by molar-refractivity contribution is 6.04. The summed E-state index contributed by atoms with van der Waals surface area (Å²) >= 11 is 0. The largest absolute Gasteiger partial charge is 0.387 e. The van der Waals surface area contributed by atoms with Crippen molar-refractivity contribution < 1.29 is 19.2 Å². The molecule has 2 fully saturated rings. The van der Waals surface area contributed by atoms with E-state index in [1.165, 1.54) is 0 Å². The Bertz CT molecular complexity index is 1270. The third-order valence-electron chi connectivity index (χ3n) is 6.60. The zero-order valence-corrected chi connectivity index (χ0v) is 22.4. The van der Waals surface area contributed by atoms with Crippen LogP contribution >= 0.6 is 0 Å². The second-order valence-corrected chi connectivity index (χ2v) is 10.6. The first-order chi connectivity index (χ1) is 19.1. The molecule has 0 atom stereocenters. The lowest BCUT2D eigenvalue weighted by molar-refractivity contribution is -0.116. The summed E-state index contributed by atoms with van der Waals surface area (Å²) in [6.07, 6.45) is 6.78. The summed E-state index contributed by atoms with van der Waals surface area (Å²) in [6, 6.07) is 3.20. The van der Waals surface area contributed by atoms with Crippen LogP contribution in [0.3, 0.4) is 0 Å². The standard InChI is InChI=1S/C26H38N10O4/c27-21(28)9-23(37)33-17-7-19(35(13-17)11-15-1-2-15)25(39)31-5-6-32-26(40)20-8-18(34-24(38)10-22(29)30)14-36(20)12-16-3-4-16/h7-8,13-16,21H,1-6,9-12,27-28H2,(H3,29,30)(H,31,39)(H,32,40)(H,33,37)(H,34,38). The molecule has 14 heteroatoms. The van der Waals surface area contributed by atoms with Gasteiger partial charge in [0.1, 0.15) is 17.2 Å². The van der Waals surface area contributed by atoms with Gasteiger partial charge in [0.25, 0.3) is 11.8 Å². The summed E-state index contributed by atoms with van der Waals surface area (Å²) in [5, 5.41) is 18.3. The van der Waals surface area contributed by atoms with Crippen LogP contribution in [0.2, 0.25) is 0 Å². The van der Waals surface area contributed by atoms with Gasteiger partial charge in [0.15, 0.2) is 0 Å². The number of hydrogen-bond acceptors (Lipinski definition) is 7. The molecule has 11 N–H and O–H groups in total. The van der Waals surface area contributed by atoms with Crippen LogP contribution in [0.25, 0.3) is 0 Å². The van der Waals surface area contributed by atoms with E-state index in [4.69, 9.17) is 22.6 Å². The zero-order chi connectivity index (χ0) is 28.8. The van der Waals surface area contributed by atoms with E-state index in [9.17, 15) is 19.2 Å². The molecule has 0 saturated heterocycles. The third kappa shape index (κ3) is 8.68. The predicted molar refractivity (Wildman–Crippen MR) is 150 cm³/mol. The van der Waals surface area contributed by atoms with Gasteiger partial charge in [0.2, 0.25) is 11.8 Å². The van der Waals surface area contributed by atoms with E-state index in [2.05, 4.69) is 21.3 Å². The van der Waals surface area contributed by atoms with E-state index in [0.29, 0.717) is 47.7 Å². The maximum Gasteiger partial charge on any atom is 0.268 e. The molecule has 0 bridgehead atoms. The average molecular weight is 555 g/mol. The molecule has 2 aromatic heterocycles. The fraction of sp³-hybridized carbons (Fsp3) is 0.500. The number of amidine groups is 1. The molecule has 2 aliphatic rings. The van der Waals surface area contributed by atoms with Crippen molar-refractivity contribution in [2.45, 2.75) is 57.8 Å². The zero-order valence-electron chi connectivity index (χ0n) is 22.4. The van der Waals surface area contributed by atoms with Gasteiger partial charge in [-0.25, -0.2) is 0 Å². The number of aromatic nitrogens is 2. The van der Waals surface area contributed by atoms with E-state index in [-0.39, 0.29) is 49.5 Å². The van der Waals surface area contributed by atoms with E-state index < -0.39 is 12.1 Å². The van der Waals surface area contributed by atoms with Crippen molar-refractivity contribution in [3.05, 3.63) is 35.9 Å². The van der Waals surface area contributed by atoms with Gasteiger partial charge in [-0.2, -0.15) is 0 Å². The molecule has 2 saturated carbocycles. The normalized spacial score (nSPS) is 14.6. The van der Waals surface area contributed by atoms with Crippen molar-refractivity contribution >= 4 is 40.8 Å². The van der Waals surface area contributed by atoms with Gasteiger partial charge >= 0.3 is 0 Å². The van der Waals surface area contributed by atoms with Crippen molar-refractivity contribution in [3.63, 3.8) is 0 Å². The number of nitrogens with one attached hydrogen (secondary N) is 5. The summed E-state index contributed by atoms with van der Waals surface area (Å²) in [7, 11) is 0. The second kappa shape index (κ2) is 12.8. The molecule has 14 nitrogen and oxygen atoms in total. The number of nitrogens with zero attached hydrogens (tertiary/aromatic N) is 2. The molecule has 2 aromatic rings. The molecular formula is C26H38N10O4. The van der Waals surface area contributed by atoms with Crippen LogP contribution in [0.4, 0.5) is 11.4 Å². The summed E-state index contributed by atoms with van der Waals surface area (Å²) in [4.78, 5) is 50.0. The topological polar surface area (TPSA) is 228 Å². The minimum atomic E-state index is -0.764. The Kier molecular flexibility index (Phi) is 9.22. The molecule has 216 valence electrons. The van der Waals surface area contributed by atoms with Gasteiger partial charge < -0.3 is 47.6 Å². The second-order valence-electron chi connectivity index (χ2n) is 10.6. The fourth-order valence-electron chi connectivity index (χ4n) is 4.34.